The van der Waals surface area contributed by atoms with Gasteiger partial charge in [-0.05, 0) is 37.9 Å². The highest BCUT2D eigenvalue weighted by molar-refractivity contribution is 7.98. The van der Waals surface area contributed by atoms with E-state index in [-0.39, 0.29) is 0 Å². The number of thioether (sulfide) groups is 1. The molecule has 0 spiro atoms. The molecule has 1 aliphatic rings. The van der Waals surface area contributed by atoms with Crippen LogP contribution in [0.2, 0.25) is 0 Å². The molecular formula is C11H15NO2S. The second-order valence-corrected chi connectivity index (χ2v) is 4.16. The Bertz CT molecular complexity index is 355. The molecule has 1 N–H and O–H groups in total. The van der Waals surface area contributed by atoms with Gasteiger partial charge in [-0.15, -0.1) is 11.8 Å². The highest BCUT2D eigenvalue weighted by Crippen LogP contribution is 2.42. The first-order chi connectivity index (χ1) is 7.36. The van der Waals surface area contributed by atoms with E-state index < -0.39 is 0 Å². The highest BCUT2D eigenvalue weighted by Gasteiger charge is 2.19. The van der Waals surface area contributed by atoms with Crippen LogP contribution in [0.5, 0.6) is 11.5 Å². The summed E-state index contributed by atoms with van der Waals surface area (Å²) in [5.41, 5.74) is 1.32. The van der Waals surface area contributed by atoms with Crippen LogP contribution < -0.4 is 14.8 Å². The molecule has 0 fully saturated rings. The Morgan fingerprint density at radius 3 is 3.00 bits per heavy atom. The van der Waals surface area contributed by atoms with Gasteiger partial charge in [0.15, 0.2) is 11.5 Å². The standard InChI is InChI=1S/C11H15NO2S/c1-12-6-5-8-3-4-9-10(11(8)15-2)14-7-13-9/h3-4,12H,5-7H2,1-2H3. The highest BCUT2D eigenvalue weighted by atomic mass is 32.2. The van der Waals surface area contributed by atoms with Crippen molar-refractivity contribution in [1.82, 2.24) is 5.32 Å². The first-order valence-corrected chi connectivity index (χ1v) is 6.19. The molecule has 0 saturated heterocycles. The van der Waals surface area contributed by atoms with Crippen LogP contribution in [-0.2, 0) is 6.42 Å². The van der Waals surface area contributed by atoms with Crippen molar-refractivity contribution in [3.8, 4) is 11.5 Å². The zero-order valence-electron chi connectivity index (χ0n) is 9.00. The van der Waals surface area contributed by atoms with E-state index in [1.165, 1.54) is 10.5 Å². The number of ether oxygens (including phenoxy) is 2. The second kappa shape index (κ2) is 4.77. The molecule has 15 heavy (non-hydrogen) atoms. The van der Waals surface area contributed by atoms with Gasteiger partial charge in [-0.1, -0.05) is 6.07 Å². The molecule has 0 atom stereocenters. The number of rotatable bonds is 4. The molecule has 0 unspecified atom stereocenters. The fourth-order valence-electron chi connectivity index (χ4n) is 1.67. The lowest BCUT2D eigenvalue weighted by molar-refractivity contribution is 0.172. The van der Waals surface area contributed by atoms with Gasteiger partial charge in [0.1, 0.15) is 0 Å². The van der Waals surface area contributed by atoms with Crippen molar-refractivity contribution in [2.75, 3.05) is 26.6 Å². The smallest absolute Gasteiger partial charge is 0.231 e. The predicted molar refractivity (Wildman–Crippen MR) is 62.0 cm³/mol. The number of nitrogens with one attached hydrogen (secondary N) is 1. The van der Waals surface area contributed by atoms with E-state index in [9.17, 15) is 0 Å². The maximum Gasteiger partial charge on any atom is 0.231 e. The summed E-state index contributed by atoms with van der Waals surface area (Å²) < 4.78 is 10.8. The third-order valence-electron chi connectivity index (χ3n) is 2.42. The van der Waals surface area contributed by atoms with E-state index in [4.69, 9.17) is 9.47 Å². The minimum atomic E-state index is 0.346. The summed E-state index contributed by atoms with van der Waals surface area (Å²) >= 11 is 1.72. The summed E-state index contributed by atoms with van der Waals surface area (Å²) in [5.74, 6) is 1.78. The summed E-state index contributed by atoms with van der Waals surface area (Å²) in [5, 5.41) is 3.15. The van der Waals surface area contributed by atoms with Gasteiger partial charge in [0.05, 0.1) is 4.90 Å². The maximum absolute atomic E-state index is 5.48. The zero-order valence-corrected chi connectivity index (χ0v) is 9.82. The SMILES string of the molecule is CNCCc1ccc2c(c1SC)OCO2. The van der Waals surface area contributed by atoms with Crippen LogP contribution in [-0.4, -0.2) is 26.6 Å². The van der Waals surface area contributed by atoms with Gasteiger partial charge >= 0.3 is 0 Å². The summed E-state index contributed by atoms with van der Waals surface area (Å²) in [7, 11) is 1.96. The molecule has 0 aromatic heterocycles. The van der Waals surface area contributed by atoms with Crippen molar-refractivity contribution < 1.29 is 9.47 Å². The quantitative estimate of drug-likeness (QED) is 0.793. The lowest BCUT2D eigenvalue weighted by atomic mass is 10.1. The molecular weight excluding hydrogens is 210 g/mol. The fourth-order valence-corrected chi connectivity index (χ4v) is 2.45. The average Bonchev–Trinajstić information content (AvgIpc) is 2.73. The zero-order chi connectivity index (χ0) is 10.7. The average molecular weight is 225 g/mol. The lowest BCUT2D eigenvalue weighted by Crippen LogP contribution is -2.10. The van der Waals surface area contributed by atoms with Crippen LogP contribution in [0.1, 0.15) is 5.56 Å². The minimum absolute atomic E-state index is 0.346. The molecule has 82 valence electrons. The topological polar surface area (TPSA) is 30.5 Å². The van der Waals surface area contributed by atoms with Gasteiger partial charge in [0.25, 0.3) is 0 Å². The van der Waals surface area contributed by atoms with Gasteiger partial charge in [-0.3, -0.25) is 0 Å². The van der Waals surface area contributed by atoms with Gasteiger partial charge < -0.3 is 14.8 Å². The van der Waals surface area contributed by atoms with E-state index in [1.807, 2.05) is 13.1 Å². The molecule has 1 aromatic carbocycles. The Kier molecular flexibility index (Phi) is 3.38. The minimum Gasteiger partial charge on any atom is -0.454 e. The third kappa shape index (κ3) is 2.06. The van der Waals surface area contributed by atoms with Crippen LogP contribution in [0.25, 0.3) is 0 Å². The van der Waals surface area contributed by atoms with E-state index in [2.05, 4.69) is 17.6 Å². The van der Waals surface area contributed by atoms with Crippen molar-refractivity contribution in [3.05, 3.63) is 17.7 Å². The van der Waals surface area contributed by atoms with Crippen LogP contribution in [0.4, 0.5) is 0 Å². The summed E-state index contributed by atoms with van der Waals surface area (Å²) in [6, 6.07) is 4.11. The molecule has 0 radical (unpaired) electrons. The maximum atomic E-state index is 5.48. The first-order valence-electron chi connectivity index (χ1n) is 4.97. The fraction of sp³-hybridized carbons (Fsp3) is 0.455. The number of likely N-dealkylation sites (N-methyl/N-ethyl adjacent to an activating group) is 1. The lowest BCUT2D eigenvalue weighted by Gasteiger charge is -2.09. The van der Waals surface area contributed by atoms with Crippen molar-refractivity contribution in [1.29, 1.82) is 0 Å². The van der Waals surface area contributed by atoms with E-state index in [1.54, 1.807) is 11.8 Å². The van der Waals surface area contributed by atoms with E-state index >= 15 is 0 Å². The van der Waals surface area contributed by atoms with Crippen LogP contribution >= 0.6 is 11.8 Å². The number of fused-ring (bicyclic) bond motifs is 1. The Morgan fingerprint density at radius 1 is 1.40 bits per heavy atom. The monoisotopic (exact) mass is 225 g/mol. The summed E-state index contributed by atoms with van der Waals surface area (Å²) in [6.45, 7) is 1.32. The number of benzene rings is 1. The molecule has 4 heteroatoms. The Hall–Kier alpha value is -0.870. The molecule has 0 amide bonds. The molecule has 1 aliphatic heterocycles. The summed E-state index contributed by atoms with van der Waals surface area (Å²) in [6.07, 6.45) is 3.09. The van der Waals surface area contributed by atoms with Crippen molar-refractivity contribution >= 4 is 11.8 Å². The number of hydrogen-bond acceptors (Lipinski definition) is 4. The van der Waals surface area contributed by atoms with Gasteiger partial charge in [0, 0.05) is 0 Å². The first kappa shape index (κ1) is 10.6. The van der Waals surface area contributed by atoms with Crippen molar-refractivity contribution in [2.24, 2.45) is 0 Å². The normalized spacial score (nSPS) is 13.2. The number of hydrogen-bond donors (Lipinski definition) is 1. The van der Waals surface area contributed by atoms with Gasteiger partial charge in [-0.25, -0.2) is 0 Å². The molecule has 0 bridgehead atoms. The van der Waals surface area contributed by atoms with E-state index in [0.29, 0.717) is 6.79 Å². The molecule has 1 aromatic rings. The molecule has 2 rings (SSSR count). The van der Waals surface area contributed by atoms with E-state index in [0.717, 1.165) is 24.5 Å². The molecule has 0 saturated carbocycles. The van der Waals surface area contributed by atoms with Crippen molar-refractivity contribution in [2.45, 2.75) is 11.3 Å². The molecule has 3 nitrogen and oxygen atoms in total. The third-order valence-corrected chi connectivity index (χ3v) is 3.28. The predicted octanol–water partition coefficient (Wildman–Crippen LogP) is 1.90. The largest absolute Gasteiger partial charge is 0.454 e. The van der Waals surface area contributed by atoms with Crippen LogP contribution in [0, 0.1) is 0 Å². The van der Waals surface area contributed by atoms with Gasteiger partial charge in [-0.2, -0.15) is 0 Å². The van der Waals surface area contributed by atoms with Gasteiger partial charge in [0.2, 0.25) is 6.79 Å². The Morgan fingerprint density at radius 2 is 2.27 bits per heavy atom. The van der Waals surface area contributed by atoms with Crippen molar-refractivity contribution in [3.63, 3.8) is 0 Å². The molecule has 0 aliphatic carbocycles. The Balaban J connectivity index is 2.30. The van der Waals surface area contributed by atoms with Crippen LogP contribution in [0.15, 0.2) is 17.0 Å². The van der Waals surface area contributed by atoms with Crippen LogP contribution in [0.3, 0.4) is 0 Å². The Labute approximate surface area is 94.2 Å². The second-order valence-electron chi connectivity index (χ2n) is 3.35. The molecule has 1 heterocycles. The summed E-state index contributed by atoms with van der Waals surface area (Å²) in [4.78, 5) is 1.21.